The van der Waals surface area contributed by atoms with Crippen LogP contribution in [0.5, 0.6) is 0 Å². The van der Waals surface area contributed by atoms with Crippen molar-refractivity contribution < 1.29 is 0 Å². The number of hydrogen-bond acceptors (Lipinski definition) is 3. The topological polar surface area (TPSA) is 32.5 Å². The van der Waals surface area contributed by atoms with Crippen LogP contribution < -0.4 is 10.6 Å². The van der Waals surface area contributed by atoms with Gasteiger partial charge in [0.15, 0.2) is 0 Å². The van der Waals surface area contributed by atoms with Gasteiger partial charge in [-0.05, 0) is 63.9 Å². The third-order valence-electron chi connectivity index (χ3n) is 4.15. The van der Waals surface area contributed by atoms with Crippen LogP contribution in [0, 0.1) is 5.92 Å². The molecule has 1 unspecified atom stereocenters. The smallest absolute Gasteiger partial charge is 0.0642 e. The molecule has 1 fully saturated rings. The van der Waals surface area contributed by atoms with Crippen LogP contribution in [0.3, 0.4) is 0 Å². The van der Waals surface area contributed by atoms with E-state index in [1.54, 1.807) is 0 Å². The summed E-state index contributed by atoms with van der Waals surface area (Å²) < 4.78 is 0. The van der Waals surface area contributed by atoms with Crippen LogP contribution in [0.2, 0.25) is 5.02 Å². The SMILES string of the molecule is CC(N)Cc1ccc(N2CCC(CN(C)C)CC2)c(Cl)c1. The molecular formula is C17H28ClN3. The Morgan fingerprint density at radius 1 is 1.33 bits per heavy atom. The van der Waals surface area contributed by atoms with Crippen molar-refractivity contribution in [3.63, 3.8) is 0 Å². The van der Waals surface area contributed by atoms with Crippen LogP contribution in [0.25, 0.3) is 0 Å². The maximum absolute atomic E-state index is 6.48. The highest BCUT2D eigenvalue weighted by Gasteiger charge is 2.21. The van der Waals surface area contributed by atoms with Gasteiger partial charge in [0, 0.05) is 25.7 Å². The van der Waals surface area contributed by atoms with Crippen molar-refractivity contribution in [2.45, 2.75) is 32.2 Å². The average molecular weight is 310 g/mol. The van der Waals surface area contributed by atoms with Gasteiger partial charge in [0.25, 0.3) is 0 Å². The lowest BCUT2D eigenvalue weighted by molar-refractivity contribution is 0.285. The number of nitrogens with two attached hydrogens (primary N) is 1. The first-order valence-electron chi connectivity index (χ1n) is 7.89. The number of piperidine rings is 1. The van der Waals surface area contributed by atoms with E-state index < -0.39 is 0 Å². The Bertz CT molecular complexity index is 451. The van der Waals surface area contributed by atoms with Gasteiger partial charge in [-0.3, -0.25) is 0 Å². The molecule has 3 nitrogen and oxygen atoms in total. The van der Waals surface area contributed by atoms with Gasteiger partial charge in [-0.15, -0.1) is 0 Å². The van der Waals surface area contributed by atoms with Crippen molar-refractivity contribution in [2.24, 2.45) is 11.7 Å². The van der Waals surface area contributed by atoms with Crippen molar-refractivity contribution in [1.82, 2.24) is 4.90 Å². The summed E-state index contributed by atoms with van der Waals surface area (Å²) in [6.45, 7) is 5.42. The summed E-state index contributed by atoms with van der Waals surface area (Å²) >= 11 is 6.48. The van der Waals surface area contributed by atoms with E-state index in [4.69, 9.17) is 17.3 Å². The molecule has 0 radical (unpaired) electrons. The summed E-state index contributed by atoms with van der Waals surface area (Å²) in [6.07, 6.45) is 3.37. The molecule has 2 rings (SSSR count). The van der Waals surface area contributed by atoms with Crippen molar-refractivity contribution >= 4 is 17.3 Å². The lowest BCUT2D eigenvalue weighted by atomic mass is 9.96. The zero-order valence-electron chi connectivity index (χ0n) is 13.5. The lowest BCUT2D eigenvalue weighted by Gasteiger charge is -2.35. The summed E-state index contributed by atoms with van der Waals surface area (Å²) in [5.41, 5.74) is 8.25. The lowest BCUT2D eigenvalue weighted by Crippen LogP contribution is -2.37. The van der Waals surface area contributed by atoms with E-state index in [9.17, 15) is 0 Å². The minimum Gasteiger partial charge on any atom is -0.370 e. The third-order valence-corrected chi connectivity index (χ3v) is 4.45. The van der Waals surface area contributed by atoms with Crippen molar-refractivity contribution in [2.75, 3.05) is 38.6 Å². The molecule has 118 valence electrons. The first-order valence-corrected chi connectivity index (χ1v) is 8.27. The van der Waals surface area contributed by atoms with Crippen LogP contribution >= 0.6 is 11.6 Å². The molecule has 0 aromatic heterocycles. The maximum atomic E-state index is 6.48. The van der Waals surface area contributed by atoms with E-state index in [1.807, 2.05) is 6.92 Å². The van der Waals surface area contributed by atoms with Crippen molar-refractivity contribution in [1.29, 1.82) is 0 Å². The minimum atomic E-state index is 0.175. The Morgan fingerprint density at radius 3 is 2.52 bits per heavy atom. The van der Waals surface area contributed by atoms with E-state index in [1.165, 1.54) is 30.6 Å². The highest BCUT2D eigenvalue weighted by atomic mass is 35.5. The van der Waals surface area contributed by atoms with Gasteiger partial charge in [-0.25, -0.2) is 0 Å². The Kier molecular flexibility index (Phi) is 5.91. The standard InChI is InChI=1S/C17H28ClN3/c1-13(19)10-15-4-5-17(16(18)11-15)21-8-6-14(7-9-21)12-20(2)3/h4-5,11,13-14H,6-10,12,19H2,1-3H3. The first kappa shape index (κ1) is 16.6. The Labute approximate surface area is 134 Å². The number of hydrogen-bond donors (Lipinski definition) is 1. The predicted octanol–water partition coefficient (Wildman–Crippen LogP) is 3.01. The van der Waals surface area contributed by atoms with Gasteiger partial charge < -0.3 is 15.5 Å². The van der Waals surface area contributed by atoms with Crippen LogP contribution in [-0.4, -0.2) is 44.7 Å². The zero-order chi connectivity index (χ0) is 15.4. The minimum absolute atomic E-state index is 0.175. The van der Waals surface area contributed by atoms with E-state index in [2.05, 4.69) is 42.1 Å². The number of halogens is 1. The average Bonchev–Trinajstić information content (AvgIpc) is 2.39. The molecule has 0 spiro atoms. The van der Waals surface area contributed by atoms with Crippen LogP contribution in [-0.2, 0) is 6.42 Å². The fourth-order valence-corrected chi connectivity index (χ4v) is 3.50. The Morgan fingerprint density at radius 2 is 2.00 bits per heavy atom. The van der Waals surface area contributed by atoms with Gasteiger partial charge in [0.1, 0.15) is 0 Å². The first-order chi connectivity index (χ1) is 9.95. The predicted molar refractivity (Wildman–Crippen MR) is 92.3 cm³/mol. The van der Waals surface area contributed by atoms with Gasteiger partial charge in [0.05, 0.1) is 10.7 Å². The molecule has 0 bridgehead atoms. The van der Waals surface area contributed by atoms with Crippen molar-refractivity contribution in [3.05, 3.63) is 28.8 Å². The summed E-state index contributed by atoms with van der Waals surface area (Å²) in [5.74, 6) is 0.812. The fourth-order valence-electron chi connectivity index (χ4n) is 3.18. The molecule has 0 aliphatic carbocycles. The zero-order valence-corrected chi connectivity index (χ0v) is 14.2. The second kappa shape index (κ2) is 7.48. The Hall–Kier alpha value is -0.770. The highest BCUT2D eigenvalue weighted by Crippen LogP contribution is 2.30. The number of rotatable bonds is 5. The van der Waals surface area contributed by atoms with Gasteiger partial charge in [-0.1, -0.05) is 17.7 Å². The molecule has 21 heavy (non-hydrogen) atoms. The second-order valence-electron chi connectivity index (χ2n) is 6.66. The molecular weight excluding hydrogens is 282 g/mol. The molecule has 4 heteroatoms. The van der Waals surface area contributed by atoms with E-state index >= 15 is 0 Å². The van der Waals surface area contributed by atoms with E-state index in [0.717, 1.165) is 30.5 Å². The molecule has 0 saturated carbocycles. The van der Waals surface area contributed by atoms with Crippen LogP contribution in [0.1, 0.15) is 25.3 Å². The molecule has 1 heterocycles. The molecule has 1 atom stereocenters. The number of nitrogens with zero attached hydrogens (tertiary/aromatic N) is 2. The molecule has 1 aromatic rings. The second-order valence-corrected chi connectivity index (χ2v) is 7.07. The quantitative estimate of drug-likeness (QED) is 0.907. The van der Waals surface area contributed by atoms with Gasteiger partial charge >= 0.3 is 0 Å². The van der Waals surface area contributed by atoms with Gasteiger partial charge in [0.2, 0.25) is 0 Å². The molecule has 2 N–H and O–H groups in total. The Balaban J connectivity index is 1.97. The third kappa shape index (κ3) is 4.87. The summed E-state index contributed by atoms with van der Waals surface area (Å²) in [6, 6.07) is 6.57. The number of benzene rings is 1. The summed E-state index contributed by atoms with van der Waals surface area (Å²) in [7, 11) is 4.31. The molecule has 1 saturated heterocycles. The van der Waals surface area contributed by atoms with Crippen LogP contribution in [0.15, 0.2) is 18.2 Å². The van der Waals surface area contributed by atoms with Crippen LogP contribution in [0.4, 0.5) is 5.69 Å². The van der Waals surface area contributed by atoms with E-state index in [-0.39, 0.29) is 6.04 Å². The fraction of sp³-hybridized carbons (Fsp3) is 0.647. The largest absolute Gasteiger partial charge is 0.370 e. The highest BCUT2D eigenvalue weighted by molar-refractivity contribution is 6.33. The molecule has 0 amide bonds. The maximum Gasteiger partial charge on any atom is 0.0642 e. The van der Waals surface area contributed by atoms with E-state index in [0.29, 0.717) is 0 Å². The summed E-state index contributed by atoms with van der Waals surface area (Å²) in [5, 5.41) is 0.860. The van der Waals surface area contributed by atoms with Crippen molar-refractivity contribution in [3.8, 4) is 0 Å². The number of anilines is 1. The van der Waals surface area contributed by atoms with Gasteiger partial charge in [-0.2, -0.15) is 0 Å². The molecule has 1 aliphatic rings. The summed E-state index contributed by atoms with van der Waals surface area (Å²) in [4.78, 5) is 4.71. The molecule has 1 aromatic carbocycles. The monoisotopic (exact) mass is 309 g/mol. The normalized spacial score (nSPS) is 18.3. The molecule has 1 aliphatic heterocycles.